The van der Waals surface area contributed by atoms with Gasteiger partial charge in [-0.2, -0.15) is 5.10 Å². The highest BCUT2D eigenvalue weighted by atomic mass is 16.5. The number of carbonyl (C=O) groups is 1. The van der Waals surface area contributed by atoms with Crippen LogP contribution in [0, 0.1) is 0 Å². The van der Waals surface area contributed by atoms with Crippen LogP contribution in [0.5, 0.6) is 17.2 Å². The van der Waals surface area contributed by atoms with Crippen molar-refractivity contribution in [2.45, 2.75) is 0 Å². The van der Waals surface area contributed by atoms with Crippen molar-refractivity contribution < 1.29 is 19.4 Å². The number of aromatic hydroxyl groups is 1. The van der Waals surface area contributed by atoms with E-state index in [0.29, 0.717) is 17.1 Å². The third-order valence-corrected chi connectivity index (χ3v) is 3.92. The monoisotopic (exact) mass is 350 g/mol. The van der Waals surface area contributed by atoms with Crippen LogP contribution in [0.4, 0.5) is 0 Å². The van der Waals surface area contributed by atoms with Crippen molar-refractivity contribution in [2.24, 2.45) is 5.10 Å². The minimum Gasteiger partial charge on any atom is -0.507 e. The summed E-state index contributed by atoms with van der Waals surface area (Å²) in [4.78, 5) is 12.3. The summed E-state index contributed by atoms with van der Waals surface area (Å²) in [6, 6.07) is 15.9. The van der Waals surface area contributed by atoms with Crippen LogP contribution in [-0.4, -0.2) is 31.4 Å². The van der Waals surface area contributed by atoms with Crippen LogP contribution in [0.25, 0.3) is 10.8 Å². The lowest BCUT2D eigenvalue weighted by atomic mass is 10.1. The van der Waals surface area contributed by atoms with Gasteiger partial charge in [0.25, 0.3) is 5.91 Å². The molecular formula is C20H18N2O4. The highest BCUT2D eigenvalue weighted by Gasteiger charge is 2.12. The molecule has 0 heterocycles. The van der Waals surface area contributed by atoms with E-state index in [9.17, 15) is 9.90 Å². The lowest BCUT2D eigenvalue weighted by molar-refractivity contribution is 0.0952. The largest absolute Gasteiger partial charge is 0.507 e. The highest BCUT2D eigenvalue weighted by molar-refractivity contribution is 6.01. The number of fused-ring (bicyclic) bond motifs is 1. The zero-order valence-corrected chi connectivity index (χ0v) is 14.4. The molecule has 0 aromatic heterocycles. The first-order chi connectivity index (χ1) is 12.6. The van der Waals surface area contributed by atoms with Crippen molar-refractivity contribution in [3.8, 4) is 17.2 Å². The fraction of sp³-hybridized carbons (Fsp3) is 0.100. The molecule has 0 radical (unpaired) electrons. The van der Waals surface area contributed by atoms with E-state index in [2.05, 4.69) is 10.5 Å². The molecule has 0 bridgehead atoms. The smallest absolute Gasteiger partial charge is 0.275 e. The van der Waals surface area contributed by atoms with Gasteiger partial charge >= 0.3 is 0 Å². The van der Waals surface area contributed by atoms with Gasteiger partial charge in [0.1, 0.15) is 17.2 Å². The Kier molecular flexibility index (Phi) is 5.03. The lowest BCUT2D eigenvalue weighted by Gasteiger charge is -2.07. The molecule has 2 N–H and O–H groups in total. The number of amides is 1. The van der Waals surface area contributed by atoms with Crippen molar-refractivity contribution in [3.05, 3.63) is 65.7 Å². The summed E-state index contributed by atoms with van der Waals surface area (Å²) in [5.41, 5.74) is 3.22. The molecule has 6 nitrogen and oxygen atoms in total. The van der Waals surface area contributed by atoms with Crippen molar-refractivity contribution in [3.63, 3.8) is 0 Å². The number of nitrogens with one attached hydrogen (secondary N) is 1. The Labute approximate surface area is 150 Å². The van der Waals surface area contributed by atoms with Crippen molar-refractivity contribution in [1.29, 1.82) is 0 Å². The van der Waals surface area contributed by atoms with Gasteiger partial charge in [-0.3, -0.25) is 4.79 Å². The first-order valence-corrected chi connectivity index (χ1v) is 7.89. The van der Waals surface area contributed by atoms with Crippen LogP contribution in [-0.2, 0) is 0 Å². The molecule has 0 atom stereocenters. The van der Waals surface area contributed by atoms with Crippen LogP contribution in [0.15, 0.2) is 59.7 Å². The fourth-order valence-electron chi connectivity index (χ4n) is 2.57. The summed E-state index contributed by atoms with van der Waals surface area (Å²) < 4.78 is 10.4. The van der Waals surface area contributed by atoms with E-state index in [1.54, 1.807) is 44.6 Å². The number of ether oxygens (including phenoxy) is 2. The maximum Gasteiger partial charge on any atom is 0.275 e. The van der Waals surface area contributed by atoms with Crippen LogP contribution in [0.1, 0.15) is 15.9 Å². The number of hydrogen-bond donors (Lipinski definition) is 2. The van der Waals surface area contributed by atoms with Crippen LogP contribution in [0.2, 0.25) is 0 Å². The molecule has 26 heavy (non-hydrogen) atoms. The zero-order valence-electron chi connectivity index (χ0n) is 14.4. The first kappa shape index (κ1) is 17.3. The second-order valence-electron chi connectivity index (χ2n) is 5.52. The first-order valence-electron chi connectivity index (χ1n) is 7.89. The van der Waals surface area contributed by atoms with E-state index in [4.69, 9.17) is 9.47 Å². The summed E-state index contributed by atoms with van der Waals surface area (Å²) in [6.07, 6.45) is 1.46. The summed E-state index contributed by atoms with van der Waals surface area (Å²) in [6.45, 7) is 0. The SMILES string of the molecule is COc1ccc(OC)c(/C=N/NC(=O)c2cc3ccccc3cc2O)c1. The van der Waals surface area contributed by atoms with Gasteiger partial charge < -0.3 is 14.6 Å². The quantitative estimate of drug-likeness (QED) is 0.546. The van der Waals surface area contributed by atoms with Gasteiger partial charge in [-0.25, -0.2) is 5.43 Å². The standard InChI is InChI=1S/C20H18N2O4/c1-25-16-7-8-19(26-2)15(9-16)12-21-22-20(24)17-10-13-5-3-4-6-14(13)11-18(17)23/h3-12,23H,1-2H3,(H,22,24)/b21-12+. The molecule has 3 aromatic carbocycles. The minimum absolute atomic E-state index is 0.102. The number of nitrogens with zero attached hydrogens (tertiary/aromatic N) is 1. The lowest BCUT2D eigenvalue weighted by Crippen LogP contribution is -2.17. The van der Waals surface area contributed by atoms with Gasteiger partial charge in [-0.15, -0.1) is 0 Å². The summed E-state index contributed by atoms with van der Waals surface area (Å²) in [5, 5.41) is 15.8. The molecule has 0 aliphatic heterocycles. The molecule has 0 aliphatic rings. The molecule has 0 saturated carbocycles. The molecule has 0 spiro atoms. The van der Waals surface area contributed by atoms with E-state index >= 15 is 0 Å². The van der Waals surface area contributed by atoms with Gasteiger partial charge in [0.15, 0.2) is 0 Å². The summed E-state index contributed by atoms with van der Waals surface area (Å²) in [7, 11) is 3.11. The van der Waals surface area contributed by atoms with Gasteiger partial charge in [0.2, 0.25) is 0 Å². The van der Waals surface area contributed by atoms with E-state index < -0.39 is 5.91 Å². The molecule has 0 unspecified atom stereocenters. The average molecular weight is 350 g/mol. The Morgan fingerprint density at radius 2 is 1.77 bits per heavy atom. The fourth-order valence-corrected chi connectivity index (χ4v) is 2.57. The van der Waals surface area contributed by atoms with E-state index in [-0.39, 0.29) is 11.3 Å². The summed E-state index contributed by atoms with van der Waals surface area (Å²) >= 11 is 0. The maximum absolute atomic E-state index is 12.3. The Balaban J connectivity index is 1.81. The van der Waals surface area contributed by atoms with E-state index in [1.807, 2.05) is 24.3 Å². The molecule has 0 saturated heterocycles. The van der Waals surface area contributed by atoms with E-state index in [0.717, 1.165) is 10.8 Å². The van der Waals surface area contributed by atoms with Crippen LogP contribution in [0.3, 0.4) is 0 Å². The number of phenolic OH excluding ortho intramolecular Hbond substituents is 1. The third-order valence-electron chi connectivity index (χ3n) is 3.92. The molecule has 132 valence electrons. The van der Waals surface area contributed by atoms with Crippen LogP contribution >= 0.6 is 0 Å². The normalized spacial score (nSPS) is 10.8. The minimum atomic E-state index is -0.508. The Morgan fingerprint density at radius 1 is 1.04 bits per heavy atom. The number of hydrazone groups is 1. The molecule has 0 aliphatic carbocycles. The second kappa shape index (κ2) is 7.57. The second-order valence-corrected chi connectivity index (χ2v) is 5.52. The van der Waals surface area contributed by atoms with Crippen molar-refractivity contribution >= 4 is 22.9 Å². The summed E-state index contributed by atoms with van der Waals surface area (Å²) in [5.74, 6) is 0.629. The molecule has 3 aromatic rings. The van der Waals surface area contributed by atoms with Gasteiger partial charge in [0, 0.05) is 5.56 Å². The van der Waals surface area contributed by atoms with Crippen molar-refractivity contribution in [2.75, 3.05) is 14.2 Å². The average Bonchev–Trinajstić information content (AvgIpc) is 2.67. The van der Waals surface area contributed by atoms with Gasteiger partial charge in [-0.05, 0) is 41.1 Å². The molecule has 1 amide bonds. The molecular weight excluding hydrogens is 332 g/mol. The number of rotatable bonds is 5. The predicted octanol–water partition coefficient (Wildman–Crippen LogP) is 3.33. The van der Waals surface area contributed by atoms with Crippen molar-refractivity contribution in [1.82, 2.24) is 5.43 Å². The third kappa shape index (κ3) is 3.59. The van der Waals surface area contributed by atoms with Gasteiger partial charge in [-0.1, -0.05) is 24.3 Å². The molecule has 0 fully saturated rings. The molecule has 3 rings (SSSR count). The maximum atomic E-state index is 12.3. The number of hydrogen-bond acceptors (Lipinski definition) is 5. The Bertz CT molecular complexity index is 983. The predicted molar refractivity (Wildman–Crippen MR) is 100 cm³/mol. The zero-order chi connectivity index (χ0) is 18.5. The number of methoxy groups -OCH3 is 2. The number of phenols is 1. The van der Waals surface area contributed by atoms with Crippen LogP contribution < -0.4 is 14.9 Å². The number of carbonyl (C=O) groups excluding carboxylic acids is 1. The Morgan fingerprint density at radius 3 is 2.46 bits per heavy atom. The van der Waals surface area contributed by atoms with Gasteiger partial charge in [0.05, 0.1) is 26.0 Å². The number of benzene rings is 3. The highest BCUT2D eigenvalue weighted by Crippen LogP contribution is 2.25. The Hall–Kier alpha value is -3.54. The molecule has 6 heteroatoms. The van der Waals surface area contributed by atoms with E-state index in [1.165, 1.54) is 6.21 Å². The topological polar surface area (TPSA) is 80.2 Å².